The number of ether oxygens (including phenoxy) is 2. The third kappa shape index (κ3) is 5.37. The van der Waals surface area contributed by atoms with Crippen molar-refractivity contribution in [3.8, 4) is 0 Å². The van der Waals surface area contributed by atoms with Gasteiger partial charge in [-0.15, -0.1) is 0 Å². The number of amides is 1. The van der Waals surface area contributed by atoms with Crippen LogP contribution in [0.25, 0.3) is 0 Å². The molecule has 2 atom stereocenters. The second kappa shape index (κ2) is 7.10. The molecule has 1 rings (SSSR count). The molecule has 5 heteroatoms. The Labute approximate surface area is 116 Å². The van der Waals surface area contributed by atoms with Crippen molar-refractivity contribution in [1.82, 2.24) is 4.90 Å². The predicted octanol–water partition coefficient (Wildman–Crippen LogP) is 2.00. The molecule has 1 saturated heterocycles. The molecule has 0 saturated carbocycles. The van der Waals surface area contributed by atoms with E-state index in [-0.39, 0.29) is 12.1 Å². The van der Waals surface area contributed by atoms with Crippen molar-refractivity contribution in [3.63, 3.8) is 0 Å². The van der Waals surface area contributed by atoms with Crippen LogP contribution >= 0.6 is 0 Å². The van der Waals surface area contributed by atoms with Crippen molar-refractivity contribution in [2.45, 2.75) is 51.7 Å². The number of piperidine rings is 1. The van der Waals surface area contributed by atoms with E-state index >= 15 is 0 Å². The summed E-state index contributed by atoms with van der Waals surface area (Å²) in [6.45, 7) is 7.65. The van der Waals surface area contributed by atoms with Crippen molar-refractivity contribution in [2.75, 3.05) is 26.8 Å². The molecular weight excluding hydrogens is 244 g/mol. The van der Waals surface area contributed by atoms with Gasteiger partial charge in [-0.2, -0.15) is 0 Å². The second-order valence-corrected chi connectivity index (χ2v) is 6.25. The summed E-state index contributed by atoms with van der Waals surface area (Å²) in [6.07, 6.45) is 2.73. The highest BCUT2D eigenvalue weighted by molar-refractivity contribution is 5.68. The summed E-state index contributed by atoms with van der Waals surface area (Å²) in [7, 11) is 1.67. The standard InChI is InChI=1S/C14H28N2O3/c1-14(2,3)19-13(17)16-8-6-11(5-7-15)9-12(16)10-18-4/h11-12H,5-10,15H2,1-4H3. The van der Waals surface area contributed by atoms with Crippen LogP contribution in [-0.4, -0.2) is 49.4 Å². The zero-order valence-corrected chi connectivity index (χ0v) is 12.6. The Bertz CT molecular complexity index is 289. The first-order valence-electron chi connectivity index (χ1n) is 7.06. The molecule has 0 aromatic rings. The van der Waals surface area contributed by atoms with Crippen LogP contribution in [0.5, 0.6) is 0 Å². The van der Waals surface area contributed by atoms with Gasteiger partial charge in [0.1, 0.15) is 5.60 Å². The van der Waals surface area contributed by atoms with E-state index in [0.29, 0.717) is 19.1 Å². The van der Waals surface area contributed by atoms with Crippen LogP contribution in [-0.2, 0) is 9.47 Å². The molecule has 19 heavy (non-hydrogen) atoms. The lowest BCUT2D eigenvalue weighted by Crippen LogP contribution is -2.50. The van der Waals surface area contributed by atoms with E-state index < -0.39 is 5.60 Å². The van der Waals surface area contributed by atoms with Gasteiger partial charge in [0.2, 0.25) is 0 Å². The molecule has 2 N–H and O–H groups in total. The highest BCUT2D eigenvalue weighted by atomic mass is 16.6. The summed E-state index contributed by atoms with van der Waals surface area (Å²) in [4.78, 5) is 14.0. The van der Waals surface area contributed by atoms with Gasteiger partial charge in [-0.25, -0.2) is 4.79 Å². The first kappa shape index (κ1) is 16.2. The first-order chi connectivity index (χ1) is 8.87. The van der Waals surface area contributed by atoms with Gasteiger partial charge in [0.05, 0.1) is 12.6 Å². The maximum absolute atomic E-state index is 12.2. The van der Waals surface area contributed by atoms with Crippen molar-refractivity contribution < 1.29 is 14.3 Å². The molecule has 1 heterocycles. The second-order valence-electron chi connectivity index (χ2n) is 6.25. The number of nitrogens with zero attached hydrogens (tertiary/aromatic N) is 1. The number of carbonyl (C=O) groups excluding carboxylic acids is 1. The number of nitrogens with two attached hydrogens (primary N) is 1. The lowest BCUT2D eigenvalue weighted by Gasteiger charge is -2.39. The number of likely N-dealkylation sites (tertiary alicyclic amines) is 1. The highest BCUT2D eigenvalue weighted by Gasteiger charge is 2.33. The summed E-state index contributed by atoms with van der Waals surface area (Å²) in [6, 6.07) is 0.102. The lowest BCUT2D eigenvalue weighted by atomic mass is 9.89. The fourth-order valence-corrected chi connectivity index (χ4v) is 2.54. The van der Waals surface area contributed by atoms with E-state index in [1.54, 1.807) is 7.11 Å². The smallest absolute Gasteiger partial charge is 0.410 e. The van der Waals surface area contributed by atoms with E-state index in [0.717, 1.165) is 25.8 Å². The summed E-state index contributed by atoms with van der Waals surface area (Å²) in [5.74, 6) is 0.587. The minimum atomic E-state index is -0.456. The maximum Gasteiger partial charge on any atom is 0.410 e. The zero-order valence-electron chi connectivity index (χ0n) is 12.6. The average molecular weight is 272 g/mol. The molecule has 1 fully saturated rings. The van der Waals surface area contributed by atoms with Crippen LogP contribution in [0.3, 0.4) is 0 Å². The molecule has 1 aliphatic heterocycles. The molecule has 0 radical (unpaired) electrons. The van der Waals surface area contributed by atoms with E-state index in [4.69, 9.17) is 15.2 Å². The Kier molecular flexibility index (Phi) is 6.07. The van der Waals surface area contributed by atoms with Gasteiger partial charge in [-0.1, -0.05) is 0 Å². The fourth-order valence-electron chi connectivity index (χ4n) is 2.54. The predicted molar refractivity (Wildman–Crippen MR) is 75.0 cm³/mol. The van der Waals surface area contributed by atoms with Crippen LogP contribution in [0.15, 0.2) is 0 Å². The Hall–Kier alpha value is -0.810. The van der Waals surface area contributed by atoms with Crippen molar-refractivity contribution in [3.05, 3.63) is 0 Å². The van der Waals surface area contributed by atoms with Crippen LogP contribution < -0.4 is 5.73 Å². The van der Waals surface area contributed by atoms with Crippen molar-refractivity contribution in [1.29, 1.82) is 0 Å². The van der Waals surface area contributed by atoms with Gasteiger partial charge in [0.15, 0.2) is 0 Å². The van der Waals surface area contributed by atoms with E-state index in [1.807, 2.05) is 25.7 Å². The lowest BCUT2D eigenvalue weighted by molar-refractivity contribution is -0.00947. The van der Waals surface area contributed by atoms with Gasteiger partial charge >= 0.3 is 6.09 Å². The normalized spacial score (nSPS) is 24.4. The van der Waals surface area contributed by atoms with Gasteiger partial charge < -0.3 is 20.1 Å². The van der Waals surface area contributed by atoms with Crippen LogP contribution in [0.4, 0.5) is 4.79 Å². The quantitative estimate of drug-likeness (QED) is 0.850. The molecule has 1 amide bonds. The Morgan fingerprint density at radius 3 is 2.63 bits per heavy atom. The molecule has 0 aliphatic carbocycles. The Balaban J connectivity index is 2.63. The summed E-state index contributed by atoms with van der Waals surface area (Å²) in [5, 5.41) is 0. The monoisotopic (exact) mass is 272 g/mol. The number of hydrogen-bond donors (Lipinski definition) is 1. The average Bonchev–Trinajstić information content (AvgIpc) is 2.27. The molecule has 112 valence electrons. The molecule has 2 unspecified atom stereocenters. The van der Waals surface area contributed by atoms with Crippen molar-refractivity contribution >= 4 is 6.09 Å². The highest BCUT2D eigenvalue weighted by Crippen LogP contribution is 2.26. The van der Waals surface area contributed by atoms with Crippen LogP contribution in [0.1, 0.15) is 40.0 Å². The minimum Gasteiger partial charge on any atom is -0.444 e. The molecule has 0 bridgehead atoms. The molecule has 5 nitrogen and oxygen atoms in total. The number of rotatable bonds is 4. The van der Waals surface area contributed by atoms with Gasteiger partial charge in [-0.05, 0) is 52.5 Å². The molecule has 0 spiro atoms. The van der Waals surface area contributed by atoms with E-state index in [2.05, 4.69) is 0 Å². The van der Waals surface area contributed by atoms with E-state index in [9.17, 15) is 4.79 Å². The van der Waals surface area contributed by atoms with Crippen molar-refractivity contribution in [2.24, 2.45) is 11.7 Å². The van der Waals surface area contributed by atoms with Gasteiger partial charge in [-0.3, -0.25) is 0 Å². The topological polar surface area (TPSA) is 64.8 Å². The number of methoxy groups -OCH3 is 1. The minimum absolute atomic E-state index is 0.102. The third-order valence-electron chi connectivity index (χ3n) is 3.39. The largest absolute Gasteiger partial charge is 0.444 e. The third-order valence-corrected chi connectivity index (χ3v) is 3.39. The summed E-state index contributed by atoms with van der Waals surface area (Å²) < 4.78 is 10.7. The van der Waals surface area contributed by atoms with Gasteiger partial charge in [0.25, 0.3) is 0 Å². The molecule has 0 aromatic carbocycles. The Morgan fingerprint density at radius 1 is 1.42 bits per heavy atom. The summed E-state index contributed by atoms with van der Waals surface area (Å²) in [5.41, 5.74) is 5.16. The number of carbonyl (C=O) groups is 1. The first-order valence-corrected chi connectivity index (χ1v) is 7.06. The fraction of sp³-hybridized carbons (Fsp3) is 0.929. The number of hydrogen-bond acceptors (Lipinski definition) is 4. The Morgan fingerprint density at radius 2 is 2.11 bits per heavy atom. The molecule has 0 aromatic heterocycles. The van der Waals surface area contributed by atoms with Crippen LogP contribution in [0.2, 0.25) is 0 Å². The molecular formula is C14H28N2O3. The maximum atomic E-state index is 12.2. The SMILES string of the molecule is COCC1CC(CCN)CCN1C(=O)OC(C)(C)C. The zero-order chi connectivity index (χ0) is 14.5. The van der Waals surface area contributed by atoms with Gasteiger partial charge in [0, 0.05) is 13.7 Å². The van der Waals surface area contributed by atoms with Crippen LogP contribution in [0, 0.1) is 5.92 Å². The molecule has 1 aliphatic rings. The van der Waals surface area contributed by atoms with E-state index in [1.165, 1.54) is 0 Å². The summed E-state index contributed by atoms with van der Waals surface area (Å²) >= 11 is 0.